The van der Waals surface area contributed by atoms with E-state index in [2.05, 4.69) is 16.4 Å². The zero-order valence-electron chi connectivity index (χ0n) is 16.0. The van der Waals surface area contributed by atoms with Gasteiger partial charge < -0.3 is 19.5 Å². The molecule has 8 nitrogen and oxygen atoms in total. The van der Waals surface area contributed by atoms with E-state index in [1.807, 2.05) is 17.7 Å². The number of methoxy groups -OCH3 is 1. The molecule has 1 N–H and O–H groups in total. The van der Waals surface area contributed by atoms with Gasteiger partial charge in [-0.2, -0.15) is 5.26 Å². The molecular weight excluding hydrogens is 358 g/mol. The largest absolute Gasteiger partial charge is 0.383 e. The number of imidazole rings is 1. The van der Waals surface area contributed by atoms with Gasteiger partial charge in [-0.05, 0) is 25.1 Å². The Hall–Kier alpha value is -3.18. The van der Waals surface area contributed by atoms with Gasteiger partial charge >= 0.3 is 0 Å². The molecule has 0 saturated carbocycles. The summed E-state index contributed by atoms with van der Waals surface area (Å²) in [5, 5.41) is 11.8. The average molecular weight is 381 g/mol. The van der Waals surface area contributed by atoms with Crippen LogP contribution < -0.4 is 5.32 Å². The van der Waals surface area contributed by atoms with Crippen molar-refractivity contribution in [1.82, 2.24) is 19.8 Å². The first-order valence-electron chi connectivity index (χ1n) is 9.16. The highest BCUT2D eigenvalue weighted by molar-refractivity contribution is 5.94. The SMILES string of the molecule is COCCNC(=O)Cc1cn2c(n1)[C@@H](C)N(C(=O)c1cccc(C#N)c1)CC2. The molecule has 2 amide bonds. The number of aromatic nitrogens is 2. The molecule has 2 aromatic rings. The lowest BCUT2D eigenvalue weighted by molar-refractivity contribution is -0.120. The summed E-state index contributed by atoms with van der Waals surface area (Å²) in [5.74, 6) is 0.523. The van der Waals surface area contributed by atoms with Gasteiger partial charge in [0.05, 0.1) is 36.4 Å². The van der Waals surface area contributed by atoms with Crippen molar-refractivity contribution in [3.8, 4) is 6.07 Å². The number of carbonyl (C=O) groups is 2. The number of hydrogen-bond donors (Lipinski definition) is 1. The van der Waals surface area contributed by atoms with Crippen LogP contribution in [0.2, 0.25) is 0 Å². The molecule has 0 unspecified atom stereocenters. The lowest BCUT2D eigenvalue weighted by Gasteiger charge is -2.33. The van der Waals surface area contributed by atoms with Crippen molar-refractivity contribution in [3.63, 3.8) is 0 Å². The number of nitriles is 1. The van der Waals surface area contributed by atoms with E-state index in [4.69, 9.17) is 10.00 Å². The second kappa shape index (κ2) is 8.67. The van der Waals surface area contributed by atoms with Crippen molar-refractivity contribution in [2.75, 3.05) is 26.8 Å². The minimum Gasteiger partial charge on any atom is -0.383 e. The Labute approximate surface area is 163 Å². The van der Waals surface area contributed by atoms with Gasteiger partial charge in [0, 0.05) is 38.5 Å². The molecule has 0 radical (unpaired) electrons. The van der Waals surface area contributed by atoms with Crippen molar-refractivity contribution in [3.05, 3.63) is 53.1 Å². The van der Waals surface area contributed by atoms with Gasteiger partial charge in [0.25, 0.3) is 5.91 Å². The number of ether oxygens (including phenoxy) is 1. The maximum Gasteiger partial charge on any atom is 0.254 e. The van der Waals surface area contributed by atoms with Gasteiger partial charge in [-0.25, -0.2) is 4.98 Å². The molecule has 1 aromatic heterocycles. The number of rotatable bonds is 6. The van der Waals surface area contributed by atoms with Gasteiger partial charge in [-0.15, -0.1) is 0 Å². The predicted molar refractivity (Wildman–Crippen MR) is 101 cm³/mol. The smallest absolute Gasteiger partial charge is 0.254 e. The van der Waals surface area contributed by atoms with Crippen molar-refractivity contribution in [2.45, 2.75) is 25.9 Å². The second-order valence-electron chi connectivity index (χ2n) is 6.67. The van der Waals surface area contributed by atoms with E-state index >= 15 is 0 Å². The van der Waals surface area contributed by atoms with Gasteiger partial charge in [-0.1, -0.05) is 6.07 Å². The van der Waals surface area contributed by atoms with Crippen LogP contribution in [0, 0.1) is 11.3 Å². The van der Waals surface area contributed by atoms with Crippen LogP contribution in [0.4, 0.5) is 0 Å². The van der Waals surface area contributed by atoms with Crippen LogP contribution in [-0.4, -0.2) is 53.1 Å². The number of hydrogen-bond acceptors (Lipinski definition) is 5. The maximum absolute atomic E-state index is 12.9. The van der Waals surface area contributed by atoms with E-state index in [-0.39, 0.29) is 24.3 Å². The molecule has 8 heteroatoms. The monoisotopic (exact) mass is 381 g/mol. The molecule has 0 spiro atoms. The number of fused-ring (bicyclic) bond motifs is 1. The molecule has 2 heterocycles. The van der Waals surface area contributed by atoms with E-state index in [0.717, 1.165) is 5.82 Å². The fourth-order valence-electron chi connectivity index (χ4n) is 3.32. The van der Waals surface area contributed by atoms with E-state index in [9.17, 15) is 9.59 Å². The number of benzene rings is 1. The molecule has 0 fully saturated rings. The zero-order valence-corrected chi connectivity index (χ0v) is 16.0. The fraction of sp³-hybridized carbons (Fsp3) is 0.400. The van der Waals surface area contributed by atoms with Crippen LogP contribution in [-0.2, 0) is 22.5 Å². The summed E-state index contributed by atoms with van der Waals surface area (Å²) < 4.78 is 6.92. The highest BCUT2D eigenvalue weighted by Crippen LogP contribution is 2.26. The molecule has 28 heavy (non-hydrogen) atoms. The van der Waals surface area contributed by atoms with E-state index in [1.165, 1.54) is 0 Å². The summed E-state index contributed by atoms with van der Waals surface area (Å²) in [5.41, 5.74) is 1.62. The summed E-state index contributed by atoms with van der Waals surface area (Å²) in [6.45, 7) is 4.00. The van der Waals surface area contributed by atoms with Crippen LogP contribution in [0.1, 0.15) is 40.4 Å². The number of nitrogens with one attached hydrogen (secondary N) is 1. The summed E-state index contributed by atoms with van der Waals surface area (Å²) >= 11 is 0. The predicted octanol–water partition coefficient (Wildman–Crippen LogP) is 1.28. The Morgan fingerprint density at radius 3 is 2.96 bits per heavy atom. The fourth-order valence-corrected chi connectivity index (χ4v) is 3.32. The summed E-state index contributed by atoms with van der Waals surface area (Å²) in [6, 6.07) is 8.54. The lowest BCUT2D eigenvalue weighted by atomic mass is 10.1. The number of amides is 2. The molecule has 1 aliphatic rings. The third-order valence-corrected chi connectivity index (χ3v) is 4.75. The third kappa shape index (κ3) is 4.21. The van der Waals surface area contributed by atoms with Gasteiger partial charge in [-0.3, -0.25) is 9.59 Å². The van der Waals surface area contributed by atoms with Crippen molar-refractivity contribution >= 4 is 11.8 Å². The summed E-state index contributed by atoms with van der Waals surface area (Å²) in [4.78, 5) is 31.3. The Kier molecular flexibility index (Phi) is 6.06. The topological polar surface area (TPSA) is 100 Å². The van der Waals surface area contributed by atoms with Crippen LogP contribution in [0.15, 0.2) is 30.5 Å². The van der Waals surface area contributed by atoms with E-state index in [0.29, 0.717) is 43.1 Å². The van der Waals surface area contributed by atoms with Crippen LogP contribution in [0.3, 0.4) is 0 Å². The Morgan fingerprint density at radius 1 is 1.39 bits per heavy atom. The molecular formula is C20H23N5O3. The van der Waals surface area contributed by atoms with Gasteiger partial charge in [0.15, 0.2) is 0 Å². The molecule has 0 saturated heterocycles. The van der Waals surface area contributed by atoms with Crippen LogP contribution in [0.5, 0.6) is 0 Å². The van der Waals surface area contributed by atoms with Crippen molar-refractivity contribution in [2.24, 2.45) is 0 Å². The second-order valence-corrected chi connectivity index (χ2v) is 6.67. The van der Waals surface area contributed by atoms with Crippen molar-refractivity contribution < 1.29 is 14.3 Å². The van der Waals surface area contributed by atoms with Gasteiger partial charge in [0.1, 0.15) is 5.82 Å². The van der Waals surface area contributed by atoms with Gasteiger partial charge in [0.2, 0.25) is 5.91 Å². The molecule has 1 atom stereocenters. The Morgan fingerprint density at radius 2 is 2.21 bits per heavy atom. The molecule has 1 aliphatic heterocycles. The van der Waals surface area contributed by atoms with E-state index < -0.39 is 0 Å². The number of carbonyl (C=O) groups excluding carboxylic acids is 2. The maximum atomic E-state index is 12.9. The first-order chi connectivity index (χ1) is 13.5. The Bertz CT molecular complexity index is 915. The first-order valence-corrected chi connectivity index (χ1v) is 9.16. The molecule has 1 aromatic carbocycles. The molecule has 3 rings (SSSR count). The third-order valence-electron chi connectivity index (χ3n) is 4.75. The standard InChI is InChI=1S/C20H23N5O3/c1-14-19-23-17(11-18(26)22-6-9-28-2)13-24(19)7-8-25(14)20(27)16-5-3-4-15(10-16)12-21/h3-5,10,13-14H,6-9,11H2,1-2H3,(H,22,26)/t14-/m1/s1. The number of nitrogens with zero attached hydrogens (tertiary/aromatic N) is 4. The highest BCUT2D eigenvalue weighted by Gasteiger charge is 2.30. The van der Waals surface area contributed by atoms with Crippen molar-refractivity contribution in [1.29, 1.82) is 5.26 Å². The minimum atomic E-state index is -0.225. The average Bonchev–Trinajstić information content (AvgIpc) is 3.11. The van der Waals surface area contributed by atoms with Crippen LogP contribution >= 0.6 is 0 Å². The molecule has 146 valence electrons. The van der Waals surface area contributed by atoms with Crippen LogP contribution in [0.25, 0.3) is 0 Å². The summed E-state index contributed by atoms with van der Waals surface area (Å²) in [6.07, 6.45) is 2.06. The summed E-state index contributed by atoms with van der Waals surface area (Å²) in [7, 11) is 1.58. The quantitative estimate of drug-likeness (QED) is 0.760. The normalized spacial score (nSPS) is 15.6. The highest BCUT2D eigenvalue weighted by atomic mass is 16.5. The zero-order chi connectivity index (χ0) is 20.1. The first kappa shape index (κ1) is 19.6. The Balaban J connectivity index is 1.71. The minimum absolute atomic E-state index is 0.110. The molecule has 0 aliphatic carbocycles. The lowest BCUT2D eigenvalue weighted by Crippen LogP contribution is -2.41. The molecule has 0 bridgehead atoms. The van der Waals surface area contributed by atoms with E-state index in [1.54, 1.807) is 36.3 Å².